The molecule has 4 nitrogen and oxygen atoms in total. The van der Waals surface area contributed by atoms with Crippen LogP contribution in [0.25, 0.3) is 0 Å². The molecule has 17 heavy (non-hydrogen) atoms. The van der Waals surface area contributed by atoms with E-state index < -0.39 is 5.97 Å². The lowest BCUT2D eigenvalue weighted by atomic mass is 9.96. The maximum Gasteiger partial charge on any atom is 0.303 e. The number of hydrogen-bond donors (Lipinski definition) is 1. The molecule has 0 amide bonds. The van der Waals surface area contributed by atoms with Crippen LogP contribution in [0, 0.1) is 5.92 Å². The first-order chi connectivity index (χ1) is 8.08. The molecule has 0 aliphatic carbocycles. The van der Waals surface area contributed by atoms with Gasteiger partial charge in [-0.1, -0.05) is 0 Å². The van der Waals surface area contributed by atoms with Gasteiger partial charge in [0.05, 0.1) is 0 Å². The van der Waals surface area contributed by atoms with Gasteiger partial charge < -0.3 is 14.9 Å². The van der Waals surface area contributed by atoms with E-state index >= 15 is 0 Å². The molecule has 1 aliphatic rings. The Bertz CT molecular complexity index is 223. The molecule has 4 heteroatoms. The number of hydrogen-bond acceptors (Lipinski definition) is 3. The highest BCUT2D eigenvalue weighted by molar-refractivity contribution is 5.66. The number of carboxylic acids is 1. The Morgan fingerprint density at radius 3 is 2.47 bits per heavy atom. The quantitative estimate of drug-likeness (QED) is 0.687. The molecule has 0 aromatic carbocycles. The Kier molecular flexibility index (Phi) is 6.52. The van der Waals surface area contributed by atoms with E-state index in [0.717, 1.165) is 25.3 Å². The van der Waals surface area contributed by atoms with Crippen LogP contribution in [0.2, 0.25) is 0 Å². The molecule has 1 aliphatic heterocycles. The second-order valence-electron chi connectivity index (χ2n) is 5.40. The van der Waals surface area contributed by atoms with Gasteiger partial charge in [0.15, 0.2) is 0 Å². The number of carbonyl (C=O) groups is 1. The maximum atomic E-state index is 10.4. The zero-order valence-corrected chi connectivity index (χ0v) is 11.2. The average molecular weight is 242 g/mol. The number of rotatable bonds is 7. The molecule has 0 atom stereocenters. The summed E-state index contributed by atoms with van der Waals surface area (Å²) >= 11 is 0. The topological polar surface area (TPSA) is 43.8 Å². The van der Waals surface area contributed by atoms with E-state index in [2.05, 4.69) is 23.9 Å². The van der Waals surface area contributed by atoms with Crippen molar-refractivity contribution in [2.75, 3.05) is 40.3 Å². The van der Waals surface area contributed by atoms with Crippen LogP contribution in [0.4, 0.5) is 0 Å². The van der Waals surface area contributed by atoms with Crippen LogP contribution >= 0.6 is 0 Å². The first-order valence-electron chi connectivity index (χ1n) is 6.67. The lowest BCUT2D eigenvalue weighted by molar-refractivity contribution is -0.137. The monoisotopic (exact) mass is 242 g/mol. The van der Waals surface area contributed by atoms with Crippen molar-refractivity contribution >= 4 is 5.97 Å². The molecule has 0 aromatic rings. The number of nitrogens with zero attached hydrogens (tertiary/aromatic N) is 2. The van der Waals surface area contributed by atoms with Gasteiger partial charge in [-0.3, -0.25) is 4.79 Å². The number of unbranched alkanes of at least 4 members (excludes halogenated alkanes) is 1. The molecule has 0 aromatic heterocycles. The minimum atomic E-state index is -0.672. The minimum Gasteiger partial charge on any atom is -0.481 e. The Labute approximate surface area is 105 Å². The van der Waals surface area contributed by atoms with Crippen LogP contribution in [0.5, 0.6) is 0 Å². The van der Waals surface area contributed by atoms with E-state index in [9.17, 15) is 4.79 Å². The van der Waals surface area contributed by atoms with E-state index in [1.807, 2.05) is 0 Å². The van der Waals surface area contributed by atoms with Crippen molar-refractivity contribution < 1.29 is 9.90 Å². The Morgan fingerprint density at radius 2 is 1.94 bits per heavy atom. The standard InChI is InChI=1S/C13H26N2O2/c1-14(2)11-12-6-9-15(10-7-12)8-4-3-5-13(16)17/h12H,3-11H2,1-2H3,(H,16,17). The van der Waals surface area contributed by atoms with Gasteiger partial charge in [-0.2, -0.15) is 0 Å². The van der Waals surface area contributed by atoms with Gasteiger partial charge in [-0.25, -0.2) is 0 Å². The van der Waals surface area contributed by atoms with Gasteiger partial charge in [0.1, 0.15) is 0 Å². The fourth-order valence-electron chi connectivity index (χ4n) is 2.52. The second-order valence-corrected chi connectivity index (χ2v) is 5.40. The second kappa shape index (κ2) is 7.67. The summed E-state index contributed by atoms with van der Waals surface area (Å²) in [7, 11) is 4.27. The molecule has 1 heterocycles. The van der Waals surface area contributed by atoms with Gasteiger partial charge >= 0.3 is 5.97 Å². The third-order valence-electron chi connectivity index (χ3n) is 3.45. The summed E-state index contributed by atoms with van der Waals surface area (Å²) in [6, 6.07) is 0. The van der Waals surface area contributed by atoms with Gasteiger partial charge in [-0.15, -0.1) is 0 Å². The van der Waals surface area contributed by atoms with E-state index in [4.69, 9.17) is 5.11 Å². The van der Waals surface area contributed by atoms with E-state index in [0.29, 0.717) is 6.42 Å². The largest absolute Gasteiger partial charge is 0.481 e. The van der Waals surface area contributed by atoms with Crippen LogP contribution in [0.1, 0.15) is 32.1 Å². The van der Waals surface area contributed by atoms with Crippen LogP contribution in [0.15, 0.2) is 0 Å². The van der Waals surface area contributed by atoms with Gasteiger partial charge in [0.25, 0.3) is 0 Å². The first kappa shape index (κ1) is 14.5. The molecule has 1 fully saturated rings. The number of likely N-dealkylation sites (tertiary alicyclic amines) is 1. The molecule has 100 valence electrons. The molecule has 0 saturated carbocycles. The molecule has 0 unspecified atom stereocenters. The number of piperidine rings is 1. The zero-order chi connectivity index (χ0) is 12.7. The lowest BCUT2D eigenvalue weighted by Crippen LogP contribution is -2.37. The van der Waals surface area contributed by atoms with Crippen LogP contribution in [-0.2, 0) is 4.79 Å². The predicted octanol–water partition coefficient (Wildman–Crippen LogP) is 1.51. The minimum absolute atomic E-state index is 0.317. The van der Waals surface area contributed by atoms with Crippen LogP contribution in [0.3, 0.4) is 0 Å². The predicted molar refractivity (Wildman–Crippen MR) is 69.2 cm³/mol. The lowest BCUT2D eigenvalue weighted by Gasteiger charge is -2.33. The van der Waals surface area contributed by atoms with Gasteiger partial charge in [0, 0.05) is 13.0 Å². The highest BCUT2D eigenvalue weighted by Crippen LogP contribution is 2.18. The summed E-state index contributed by atoms with van der Waals surface area (Å²) in [6.07, 6.45) is 4.73. The molecule has 0 radical (unpaired) electrons. The summed E-state index contributed by atoms with van der Waals surface area (Å²) in [6.45, 7) is 4.64. The van der Waals surface area contributed by atoms with Crippen molar-refractivity contribution in [2.45, 2.75) is 32.1 Å². The molecule has 1 N–H and O–H groups in total. The SMILES string of the molecule is CN(C)CC1CCN(CCCCC(=O)O)CC1. The first-order valence-corrected chi connectivity index (χ1v) is 6.67. The number of aliphatic carboxylic acids is 1. The molecular weight excluding hydrogens is 216 g/mol. The molecule has 0 spiro atoms. The number of carboxylic acid groups (broad SMARTS) is 1. The highest BCUT2D eigenvalue weighted by atomic mass is 16.4. The Balaban J connectivity index is 2.04. The highest BCUT2D eigenvalue weighted by Gasteiger charge is 2.18. The molecular formula is C13H26N2O2. The van der Waals surface area contributed by atoms with Crippen molar-refractivity contribution in [3.8, 4) is 0 Å². The normalized spacial score (nSPS) is 18.8. The molecule has 1 saturated heterocycles. The smallest absolute Gasteiger partial charge is 0.303 e. The summed E-state index contributed by atoms with van der Waals surface area (Å²) in [4.78, 5) is 15.1. The Hall–Kier alpha value is -0.610. The van der Waals surface area contributed by atoms with Crippen molar-refractivity contribution in [1.82, 2.24) is 9.80 Å². The zero-order valence-electron chi connectivity index (χ0n) is 11.2. The van der Waals surface area contributed by atoms with Crippen molar-refractivity contribution in [3.05, 3.63) is 0 Å². The average Bonchev–Trinajstić information content (AvgIpc) is 2.25. The summed E-state index contributed by atoms with van der Waals surface area (Å²) < 4.78 is 0. The van der Waals surface area contributed by atoms with Gasteiger partial charge in [0.2, 0.25) is 0 Å². The van der Waals surface area contributed by atoms with Crippen molar-refractivity contribution in [3.63, 3.8) is 0 Å². The van der Waals surface area contributed by atoms with E-state index in [1.165, 1.54) is 32.5 Å². The maximum absolute atomic E-state index is 10.4. The fourth-order valence-corrected chi connectivity index (χ4v) is 2.52. The van der Waals surface area contributed by atoms with Crippen molar-refractivity contribution in [1.29, 1.82) is 0 Å². The van der Waals surface area contributed by atoms with Gasteiger partial charge in [-0.05, 0) is 65.3 Å². The third-order valence-corrected chi connectivity index (χ3v) is 3.45. The fraction of sp³-hybridized carbons (Fsp3) is 0.923. The van der Waals surface area contributed by atoms with Crippen LogP contribution in [-0.4, -0.2) is 61.2 Å². The summed E-state index contributed by atoms with van der Waals surface area (Å²) in [5.41, 5.74) is 0. The van der Waals surface area contributed by atoms with E-state index in [1.54, 1.807) is 0 Å². The van der Waals surface area contributed by atoms with E-state index in [-0.39, 0.29) is 0 Å². The molecule has 0 bridgehead atoms. The molecule has 1 rings (SSSR count). The third kappa shape index (κ3) is 6.64. The van der Waals surface area contributed by atoms with Crippen molar-refractivity contribution in [2.24, 2.45) is 5.92 Å². The summed E-state index contributed by atoms with van der Waals surface area (Å²) in [5.74, 6) is 0.176. The Morgan fingerprint density at radius 1 is 1.29 bits per heavy atom. The van der Waals surface area contributed by atoms with Crippen LogP contribution < -0.4 is 0 Å². The summed E-state index contributed by atoms with van der Waals surface area (Å²) in [5, 5.41) is 8.55.